The molecular weight excluding hydrogens is 330 g/mol. The van der Waals surface area contributed by atoms with Gasteiger partial charge in [-0.1, -0.05) is 26.0 Å². The molecule has 1 saturated heterocycles. The topological polar surface area (TPSA) is 70.7 Å². The first-order chi connectivity index (χ1) is 12.5. The highest BCUT2D eigenvalue weighted by molar-refractivity contribution is 5.79. The lowest BCUT2D eigenvalue weighted by molar-refractivity contribution is -0.123. The Kier molecular flexibility index (Phi) is 7.75. The van der Waals surface area contributed by atoms with Crippen LogP contribution in [0.15, 0.2) is 24.3 Å². The van der Waals surface area contributed by atoms with E-state index in [-0.39, 0.29) is 17.9 Å². The highest BCUT2D eigenvalue weighted by Crippen LogP contribution is 2.29. The minimum absolute atomic E-state index is 0.00517. The first-order valence-corrected chi connectivity index (χ1v) is 9.43. The molecule has 0 spiro atoms. The molecule has 2 amide bonds. The van der Waals surface area contributed by atoms with Gasteiger partial charge in [0, 0.05) is 38.5 Å². The summed E-state index contributed by atoms with van der Waals surface area (Å²) in [6, 6.07) is 8.21. The van der Waals surface area contributed by atoms with E-state index >= 15 is 0 Å². The highest BCUT2D eigenvalue weighted by atomic mass is 16.5. The standard InChI is InChI=1S/C20H31N3O3/c1-15(2)14-20(25)21-11-8-19(24)22-16-9-12-23(13-10-16)17-6-4-5-7-18(17)26-3/h4-7,15-16H,8-14H2,1-3H3,(H,21,25)(H,22,24). The number of hydrogen-bond acceptors (Lipinski definition) is 4. The molecule has 0 saturated carbocycles. The number of anilines is 1. The number of methoxy groups -OCH3 is 1. The van der Waals surface area contributed by atoms with Gasteiger partial charge in [0.2, 0.25) is 11.8 Å². The van der Waals surface area contributed by atoms with Crippen molar-refractivity contribution in [2.24, 2.45) is 5.92 Å². The van der Waals surface area contributed by atoms with E-state index in [1.165, 1.54) is 0 Å². The lowest BCUT2D eigenvalue weighted by atomic mass is 10.0. The molecule has 1 aliphatic rings. The number of nitrogens with zero attached hydrogens (tertiary/aromatic N) is 1. The highest BCUT2D eigenvalue weighted by Gasteiger charge is 2.22. The Balaban J connectivity index is 1.70. The smallest absolute Gasteiger partial charge is 0.221 e. The zero-order valence-electron chi connectivity index (χ0n) is 16.1. The van der Waals surface area contributed by atoms with Gasteiger partial charge in [-0.25, -0.2) is 0 Å². The van der Waals surface area contributed by atoms with Gasteiger partial charge in [0.15, 0.2) is 0 Å². The van der Waals surface area contributed by atoms with Crippen LogP contribution >= 0.6 is 0 Å². The second kappa shape index (κ2) is 10.0. The largest absolute Gasteiger partial charge is 0.495 e. The summed E-state index contributed by atoms with van der Waals surface area (Å²) in [5, 5.41) is 5.89. The van der Waals surface area contributed by atoms with Gasteiger partial charge in [0.05, 0.1) is 12.8 Å². The van der Waals surface area contributed by atoms with Crippen LogP contribution in [0.2, 0.25) is 0 Å². The quantitative estimate of drug-likeness (QED) is 0.746. The molecular formula is C20H31N3O3. The summed E-state index contributed by atoms with van der Waals surface area (Å²) in [7, 11) is 1.69. The predicted octanol–water partition coefficient (Wildman–Crippen LogP) is 2.33. The van der Waals surface area contributed by atoms with E-state index in [1.54, 1.807) is 7.11 Å². The van der Waals surface area contributed by atoms with Crippen LogP contribution in [-0.4, -0.2) is 44.6 Å². The molecule has 1 heterocycles. The molecule has 0 unspecified atom stereocenters. The van der Waals surface area contributed by atoms with Crippen molar-refractivity contribution < 1.29 is 14.3 Å². The van der Waals surface area contributed by atoms with E-state index in [0.29, 0.717) is 25.3 Å². The fourth-order valence-electron chi connectivity index (χ4n) is 3.21. The molecule has 1 aromatic carbocycles. The zero-order valence-corrected chi connectivity index (χ0v) is 16.1. The second-order valence-corrected chi connectivity index (χ2v) is 7.20. The first-order valence-electron chi connectivity index (χ1n) is 9.43. The summed E-state index contributed by atoms with van der Waals surface area (Å²) in [6.45, 7) is 6.18. The van der Waals surface area contributed by atoms with Crippen LogP contribution in [0.25, 0.3) is 0 Å². The summed E-state index contributed by atoms with van der Waals surface area (Å²) < 4.78 is 5.43. The number of benzene rings is 1. The third-order valence-electron chi connectivity index (χ3n) is 4.55. The van der Waals surface area contributed by atoms with Crippen LogP contribution < -0.4 is 20.3 Å². The van der Waals surface area contributed by atoms with Crippen LogP contribution in [0.1, 0.15) is 39.5 Å². The number of ether oxygens (including phenoxy) is 1. The predicted molar refractivity (Wildman–Crippen MR) is 103 cm³/mol. The lowest BCUT2D eigenvalue weighted by Gasteiger charge is -2.34. The van der Waals surface area contributed by atoms with E-state index in [1.807, 2.05) is 32.0 Å². The maximum atomic E-state index is 12.1. The van der Waals surface area contributed by atoms with Crippen molar-refractivity contribution in [2.75, 3.05) is 31.6 Å². The molecule has 2 N–H and O–H groups in total. The number of para-hydroxylation sites is 2. The minimum Gasteiger partial charge on any atom is -0.495 e. The van der Waals surface area contributed by atoms with Crippen LogP contribution in [-0.2, 0) is 9.59 Å². The van der Waals surface area contributed by atoms with Crippen molar-refractivity contribution in [3.05, 3.63) is 24.3 Å². The number of piperidine rings is 1. The molecule has 6 heteroatoms. The number of hydrogen-bond donors (Lipinski definition) is 2. The Morgan fingerprint density at radius 2 is 1.88 bits per heavy atom. The average Bonchev–Trinajstić information content (AvgIpc) is 2.61. The molecule has 0 aromatic heterocycles. The number of amides is 2. The van der Waals surface area contributed by atoms with E-state index < -0.39 is 0 Å². The average molecular weight is 361 g/mol. The molecule has 0 bridgehead atoms. The van der Waals surface area contributed by atoms with Gasteiger partial charge in [-0.2, -0.15) is 0 Å². The Morgan fingerprint density at radius 1 is 1.19 bits per heavy atom. The van der Waals surface area contributed by atoms with Gasteiger partial charge >= 0.3 is 0 Å². The first kappa shape index (κ1) is 20.1. The molecule has 0 atom stereocenters. The van der Waals surface area contributed by atoms with Crippen molar-refractivity contribution in [1.82, 2.24) is 10.6 Å². The van der Waals surface area contributed by atoms with E-state index in [4.69, 9.17) is 4.74 Å². The normalized spacial score (nSPS) is 15.0. The zero-order chi connectivity index (χ0) is 18.9. The van der Waals surface area contributed by atoms with E-state index in [0.717, 1.165) is 37.4 Å². The Labute approximate surface area is 156 Å². The fourth-order valence-corrected chi connectivity index (χ4v) is 3.21. The Morgan fingerprint density at radius 3 is 2.54 bits per heavy atom. The molecule has 2 rings (SSSR count). The SMILES string of the molecule is COc1ccccc1N1CCC(NC(=O)CCNC(=O)CC(C)C)CC1. The van der Waals surface area contributed by atoms with Gasteiger partial charge in [0.25, 0.3) is 0 Å². The molecule has 144 valence electrons. The van der Waals surface area contributed by atoms with Crippen molar-refractivity contribution in [3.8, 4) is 5.75 Å². The van der Waals surface area contributed by atoms with Gasteiger partial charge in [-0.15, -0.1) is 0 Å². The van der Waals surface area contributed by atoms with Gasteiger partial charge in [-0.3, -0.25) is 9.59 Å². The van der Waals surface area contributed by atoms with Crippen molar-refractivity contribution in [1.29, 1.82) is 0 Å². The van der Waals surface area contributed by atoms with Crippen LogP contribution in [0.3, 0.4) is 0 Å². The molecule has 26 heavy (non-hydrogen) atoms. The number of nitrogens with one attached hydrogen (secondary N) is 2. The summed E-state index contributed by atoms with van der Waals surface area (Å²) in [4.78, 5) is 26.0. The third-order valence-corrected chi connectivity index (χ3v) is 4.55. The molecule has 1 aliphatic heterocycles. The van der Waals surface area contributed by atoms with Crippen molar-refractivity contribution in [2.45, 2.75) is 45.6 Å². The number of carbonyl (C=O) groups is 2. The van der Waals surface area contributed by atoms with Crippen molar-refractivity contribution >= 4 is 17.5 Å². The summed E-state index contributed by atoms with van der Waals surface area (Å²) in [6.07, 6.45) is 2.65. The summed E-state index contributed by atoms with van der Waals surface area (Å²) >= 11 is 0. The van der Waals surface area contributed by atoms with Crippen LogP contribution in [0, 0.1) is 5.92 Å². The van der Waals surface area contributed by atoms with E-state index in [2.05, 4.69) is 21.6 Å². The lowest BCUT2D eigenvalue weighted by Crippen LogP contribution is -2.45. The molecule has 1 aromatic rings. The maximum Gasteiger partial charge on any atom is 0.221 e. The van der Waals surface area contributed by atoms with Crippen LogP contribution in [0.4, 0.5) is 5.69 Å². The summed E-state index contributed by atoms with van der Waals surface area (Å²) in [5.74, 6) is 1.23. The van der Waals surface area contributed by atoms with Gasteiger partial charge in [-0.05, 0) is 30.9 Å². The van der Waals surface area contributed by atoms with Gasteiger partial charge < -0.3 is 20.3 Å². The number of carbonyl (C=O) groups excluding carboxylic acids is 2. The van der Waals surface area contributed by atoms with Crippen LogP contribution in [0.5, 0.6) is 5.75 Å². The monoisotopic (exact) mass is 361 g/mol. The minimum atomic E-state index is 0.00517. The summed E-state index contributed by atoms with van der Waals surface area (Å²) in [5.41, 5.74) is 1.10. The fraction of sp³-hybridized carbons (Fsp3) is 0.600. The maximum absolute atomic E-state index is 12.1. The second-order valence-electron chi connectivity index (χ2n) is 7.20. The van der Waals surface area contributed by atoms with Gasteiger partial charge in [0.1, 0.15) is 5.75 Å². The Bertz CT molecular complexity index is 596. The molecule has 0 radical (unpaired) electrons. The van der Waals surface area contributed by atoms with Crippen molar-refractivity contribution in [3.63, 3.8) is 0 Å². The van der Waals surface area contributed by atoms with E-state index in [9.17, 15) is 9.59 Å². The Hall–Kier alpha value is -2.24. The third kappa shape index (κ3) is 6.24. The molecule has 1 fully saturated rings. The molecule has 6 nitrogen and oxygen atoms in total. The molecule has 0 aliphatic carbocycles. The number of rotatable bonds is 8.